The van der Waals surface area contributed by atoms with E-state index in [0.717, 1.165) is 25.7 Å². The third-order valence-corrected chi connectivity index (χ3v) is 5.89. The van der Waals surface area contributed by atoms with Crippen LogP contribution in [-0.4, -0.2) is 44.2 Å². The molecule has 0 aromatic heterocycles. The fraction of sp³-hybridized carbons (Fsp3) is 1.00. The minimum Gasteiger partial charge on any atom is -0.396 e. The molecule has 1 fully saturated rings. The Hall–Kier alpha value is -0.130. The van der Waals surface area contributed by atoms with Gasteiger partial charge in [-0.2, -0.15) is 0 Å². The second-order valence-electron chi connectivity index (χ2n) is 5.20. The van der Waals surface area contributed by atoms with Crippen molar-refractivity contribution >= 4 is 9.84 Å². The fourth-order valence-corrected chi connectivity index (χ4v) is 3.99. The van der Waals surface area contributed by atoms with Gasteiger partial charge in [-0.3, -0.25) is 0 Å². The molecular weight excluding hydrogens is 238 g/mol. The van der Waals surface area contributed by atoms with E-state index in [0.29, 0.717) is 12.3 Å². The minimum absolute atomic E-state index is 0.0674. The molecule has 5 heteroatoms. The third kappa shape index (κ3) is 4.23. The monoisotopic (exact) mass is 263 g/mol. The molecule has 0 bridgehead atoms. The lowest BCUT2D eigenvalue weighted by Crippen LogP contribution is -2.46. The number of sulfone groups is 1. The molecule has 0 aliphatic carbocycles. The van der Waals surface area contributed by atoms with Crippen LogP contribution in [0.2, 0.25) is 0 Å². The highest BCUT2D eigenvalue weighted by Crippen LogP contribution is 2.25. The summed E-state index contributed by atoms with van der Waals surface area (Å²) in [7, 11) is -2.84. The number of hydrogen-bond acceptors (Lipinski definition) is 4. The van der Waals surface area contributed by atoms with Gasteiger partial charge in [0.2, 0.25) is 0 Å². The van der Waals surface area contributed by atoms with Crippen molar-refractivity contribution in [2.75, 3.05) is 24.7 Å². The van der Waals surface area contributed by atoms with Crippen LogP contribution in [0.5, 0.6) is 0 Å². The normalized spacial score (nSPS) is 24.8. The van der Waals surface area contributed by atoms with Crippen molar-refractivity contribution in [3.8, 4) is 0 Å². The minimum atomic E-state index is -2.84. The van der Waals surface area contributed by atoms with Crippen LogP contribution in [0.15, 0.2) is 0 Å². The maximum Gasteiger partial charge on any atom is 0.151 e. The van der Waals surface area contributed by atoms with E-state index in [1.165, 1.54) is 0 Å². The van der Waals surface area contributed by atoms with Crippen molar-refractivity contribution in [3.63, 3.8) is 0 Å². The summed E-state index contributed by atoms with van der Waals surface area (Å²) in [6, 6.07) is 0.0674. The van der Waals surface area contributed by atoms with Crippen molar-refractivity contribution in [2.45, 2.75) is 45.6 Å². The zero-order valence-electron chi connectivity index (χ0n) is 10.9. The van der Waals surface area contributed by atoms with E-state index in [4.69, 9.17) is 0 Å². The molecule has 4 nitrogen and oxygen atoms in total. The summed E-state index contributed by atoms with van der Waals surface area (Å²) in [5.74, 6) is 0.583. The molecule has 1 rings (SSSR count). The van der Waals surface area contributed by atoms with Crippen LogP contribution >= 0.6 is 0 Å². The number of hydrogen-bond donors (Lipinski definition) is 2. The molecule has 17 heavy (non-hydrogen) atoms. The standard InChI is InChI=1S/C12H25NO3S/c1-3-12(4-2,10-14)9-13-11-6-5-7-17(15,16)8-11/h11,13-14H,3-10H2,1-2H3. The highest BCUT2D eigenvalue weighted by atomic mass is 32.2. The predicted octanol–water partition coefficient (Wildman–Crippen LogP) is 0.952. The van der Waals surface area contributed by atoms with Gasteiger partial charge in [-0.25, -0.2) is 8.42 Å². The Balaban J connectivity index is 2.49. The fourth-order valence-electron chi connectivity index (χ4n) is 2.32. The molecule has 102 valence electrons. The van der Waals surface area contributed by atoms with E-state index in [2.05, 4.69) is 19.2 Å². The largest absolute Gasteiger partial charge is 0.396 e. The highest BCUT2D eigenvalue weighted by Gasteiger charge is 2.29. The van der Waals surface area contributed by atoms with Gasteiger partial charge < -0.3 is 10.4 Å². The van der Waals surface area contributed by atoms with E-state index >= 15 is 0 Å². The third-order valence-electron chi connectivity index (χ3n) is 4.06. The van der Waals surface area contributed by atoms with Gasteiger partial charge >= 0.3 is 0 Å². The molecule has 0 amide bonds. The summed E-state index contributed by atoms with van der Waals surface area (Å²) in [5, 5.41) is 12.8. The second-order valence-corrected chi connectivity index (χ2v) is 7.43. The highest BCUT2D eigenvalue weighted by molar-refractivity contribution is 7.91. The van der Waals surface area contributed by atoms with Crippen molar-refractivity contribution in [1.82, 2.24) is 5.32 Å². The van der Waals surface area contributed by atoms with Crippen LogP contribution in [0.1, 0.15) is 39.5 Å². The molecule has 1 aliphatic heterocycles. The van der Waals surface area contributed by atoms with Gasteiger partial charge in [-0.1, -0.05) is 13.8 Å². The lowest BCUT2D eigenvalue weighted by Gasteiger charge is -2.33. The topological polar surface area (TPSA) is 66.4 Å². The summed E-state index contributed by atoms with van der Waals surface area (Å²) in [4.78, 5) is 0. The maximum atomic E-state index is 11.5. The lowest BCUT2D eigenvalue weighted by molar-refractivity contribution is 0.110. The van der Waals surface area contributed by atoms with Crippen molar-refractivity contribution in [2.24, 2.45) is 5.41 Å². The van der Waals surface area contributed by atoms with Gasteiger partial charge in [-0.15, -0.1) is 0 Å². The zero-order chi connectivity index (χ0) is 12.9. The molecule has 0 aromatic rings. The average molecular weight is 263 g/mol. The number of aliphatic hydroxyl groups is 1. The first-order valence-corrected chi connectivity index (χ1v) is 8.34. The number of aliphatic hydroxyl groups excluding tert-OH is 1. The molecule has 0 saturated carbocycles. The van der Waals surface area contributed by atoms with Crippen LogP contribution in [0.4, 0.5) is 0 Å². The van der Waals surface area contributed by atoms with E-state index in [-0.39, 0.29) is 23.8 Å². The van der Waals surface area contributed by atoms with Gasteiger partial charge in [0.05, 0.1) is 11.5 Å². The van der Waals surface area contributed by atoms with Crippen molar-refractivity contribution in [1.29, 1.82) is 0 Å². The van der Waals surface area contributed by atoms with Gasteiger partial charge in [0.15, 0.2) is 9.84 Å². The summed E-state index contributed by atoms with van der Waals surface area (Å²) in [6.07, 6.45) is 3.50. The Labute approximate surface area is 105 Å². The van der Waals surface area contributed by atoms with Gasteiger partial charge in [0.1, 0.15) is 0 Å². The Bertz CT molecular complexity index is 314. The molecule has 1 atom stereocenters. The average Bonchev–Trinajstić information content (AvgIpc) is 2.30. The van der Waals surface area contributed by atoms with E-state index in [1.807, 2.05) is 0 Å². The summed E-state index contributed by atoms with van der Waals surface area (Å²) in [6.45, 7) is 5.00. The quantitative estimate of drug-likeness (QED) is 0.749. The Morgan fingerprint density at radius 3 is 2.47 bits per heavy atom. The van der Waals surface area contributed by atoms with E-state index < -0.39 is 9.84 Å². The molecular formula is C12H25NO3S. The molecule has 2 N–H and O–H groups in total. The first-order valence-electron chi connectivity index (χ1n) is 6.51. The smallest absolute Gasteiger partial charge is 0.151 e. The Morgan fingerprint density at radius 2 is 2.00 bits per heavy atom. The summed E-state index contributed by atoms with van der Waals surface area (Å²) >= 11 is 0. The molecule has 0 aromatic carbocycles. The van der Waals surface area contributed by atoms with Crippen molar-refractivity contribution < 1.29 is 13.5 Å². The van der Waals surface area contributed by atoms with E-state index in [9.17, 15) is 13.5 Å². The van der Waals surface area contributed by atoms with Crippen LogP contribution in [0, 0.1) is 5.41 Å². The van der Waals surface area contributed by atoms with Gasteiger partial charge in [0.25, 0.3) is 0 Å². The molecule has 0 radical (unpaired) electrons. The lowest BCUT2D eigenvalue weighted by atomic mass is 9.83. The second kappa shape index (κ2) is 6.16. The van der Waals surface area contributed by atoms with Crippen LogP contribution < -0.4 is 5.32 Å². The molecule has 0 spiro atoms. The van der Waals surface area contributed by atoms with Crippen molar-refractivity contribution in [3.05, 3.63) is 0 Å². The van der Waals surface area contributed by atoms with Gasteiger partial charge in [0, 0.05) is 24.6 Å². The Kier molecular flexibility index (Phi) is 5.41. The van der Waals surface area contributed by atoms with Crippen LogP contribution in [0.25, 0.3) is 0 Å². The van der Waals surface area contributed by atoms with Crippen LogP contribution in [-0.2, 0) is 9.84 Å². The predicted molar refractivity (Wildman–Crippen MR) is 69.8 cm³/mol. The first kappa shape index (κ1) is 14.9. The zero-order valence-corrected chi connectivity index (χ0v) is 11.7. The molecule has 1 unspecified atom stereocenters. The number of rotatable bonds is 6. The van der Waals surface area contributed by atoms with Gasteiger partial charge in [-0.05, 0) is 25.7 Å². The van der Waals surface area contributed by atoms with Crippen LogP contribution in [0.3, 0.4) is 0 Å². The summed E-state index contributed by atoms with van der Waals surface area (Å²) < 4.78 is 23.0. The SMILES string of the molecule is CCC(CC)(CO)CNC1CCCS(=O)(=O)C1. The molecule has 1 aliphatic rings. The first-order chi connectivity index (χ1) is 7.97. The summed E-state index contributed by atoms with van der Waals surface area (Å²) in [5.41, 5.74) is -0.0960. The maximum absolute atomic E-state index is 11.5. The Morgan fingerprint density at radius 1 is 1.35 bits per heavy atom. The molecule has 1 heterocycles. The van der Waals surface area contributed by atoms with E-state index in [1.54, 1.807) is 0 Å². The number of nitrogens with one attached hydrogen (secondary N) is 1. The molecule has 1 saturated heterocycles.